The highest BCUT2D eigenvalue weighted by molar-refractivity contribution is 7.97. The van der Waals surface area contributed by atoms with E-state index in [4.69, 9.17) is 0 Å². The van der Waals surface area contributed by atoms with E-state index in [2.05, 4.69) is 0 Å². The molecule has 1 heterocycles. The maximum Gasteiger partial charge on any atom is 0.181 e. The molecule has 2 aliphatic carbocycles. The summed E-state index contributed by atoms with van der Waals surface area (Å²) >= 11 is 0. The third kappa shape index (κ3) is 4.32. The monoisotopic (exact) mass is 418 g/mol. The van der Waals surface area contributed by atoms with Gasteiger partial charge in [-0.2, -0.15) is 0 Å². The number of rotatable bonds is 4. The Labute approximate surface area is 165 Å². The van der Waals surface area contributed by atoms with E-state index < -0.39 is 20.8 Å². The lowest BCUT2D eigenvalue weighted by molar-refractivity contribution is -0.128. The summed E-state index contributed by atoms with van der Waals surface area (Å²) in [5, 5.41) is -1.30. The molecule has 3 aliphatic rings. The largest absolute Gasteiger partial charge is 0.747 e. The molecule has 27 heavy (non-hydrogen) atoms. The van der Waals surface area contributed by atoms with Gasteiger partial charge < -0.3 is 4.55 Å². The number of ketones is 3. The van der Waals surface area contributed by atoms with Crippen molar-refractivity contribution >= 4 is 38.4 Å². The van der Waals surface area contributed by atoms with Gasteiger partial charge in [0.05, 0.1) is 12.8 Å². The van der Waals surface area contributed by atoms with Gasteiger partial charge in [-0.1, -0.05) is 27.7 Å². The predicted molar refractivity (Wildman–Crippen MR) is 105 cm³/mol. The van der Waals surface area contributed by atoms with Crippen molar-refractivity contribution in [3.05, 3.63) is 0 Å². The molecule has 0 radical (unpaired) electrons. The molecule has 8 heteroatoms. The van der Waals surface area contributed by atoms with Gasteiger partial charge in [-0.3, -0.25) is 14.4 Å². The molecule has 154 valence electrons. The van der Waals surface area contributed by atoms with Crippen LogP contribution in [0, 0.1) is 16.7 Å². The van der Waals surface area contributed by atoms with Crippen LogP contribution in [0.1, 0.15) is 59.8 Å². The SMILES string of the molecule is CC12CCC(C(S(=O)(=O)[O-])C1=O)C2(C)C.CCC(=O)C[S+]1CCC(=O)CC1. The molecule has 6 nitrogen and oxygen atoms in total. The maximum absolute atomic E-state index is 12.0. The molecular weight excluding hydrogens is 388 g/mol. The maximum atomic E-state index is 12.0. The first-order valence-electron chi connectivity index (χ1n) is 9.51. The standard InChI is InChI=1S/C10H16O4S.C9H15O2S/c1-9(2)6-4-5-10(9,3)8(11)7(6)15(12,13)14;1-2-8(10)7-12-5-3-9(11)4-6-12/h6-7H,4-5H2,1-3H3,(H,12,13,14);2-7H2,1H3/q;+1/p-1. The van der Waals surface area contributed by atoms with E-state index in [0.29, 0.717) is 43.7 Å². The van der Waals surface area contributed by atoms with Gasteiger partial charge in [0.2, 0.25) is 0 Å². The Kier molecular flexibility index (Phi) is 6.64. The van der Waals surface area contributed by atoms with Gasteiger partial charge in [-0.05, 0) is 35.1 Å². The van der Waals surface area contributed by atoms with Crippen LogP contribution in [0.4, 0.5) is 0 Å². The van der Waals surface area contributed by atoms with Gasteiger partial charge in [-0.25, -0.2) is 8.42 Å². The molecule has 2 bridgehead atoms. The lowest BCUT2D eigenvalue weighted by Crippen LogP contribution is -2.38. The summed E-state index contributed by atoms with van der Waals surface area (Å²) in [5.74, 6) is 2.73. The minimum absolute atomic E-state index is 0.234. The van der Waals surface area contributed by atoms with Gasteiger partial charge in [0.25, 0.3) is 0 Å². The summed E-state index contributed by atoms with van der Waals surface area (Å²) in [6.07, 6.45) is 3.44. The summed E-state index contributed by atoms with van der Waals surface area (Å²) in [5.41, 5.74) is -0.994. The van der Waals surface area contributed by atoms with Crippen molar-refractivity contribution in [3.8, 4) is 0 Å². The molecule has 3 fully saturated rings. The summed E-state index contributed by atoms with van der Waals surface area (Å²) in [6.45, 7) is 7.49. The van der Waals surface area contributed by atoms with Crippen LogP contribution in [0.2, 0.25) is 0 Å². The van der Waals surface area contributed by atoms with Crippen molar-refractivity contribution in [1.82, 2.24) is 0 Å². The third-order valence-corrected chi connectivity index (χ3v) is 10.3. The normalized spacial score (nSPS) is 32.9. The van der Waals surface area contributed by atoms with E-state index in [1.54, 1.807) is 6.92 Å². The second-order valence-corrected chi connectivity index (χ2v) is 12.4. The smallest absolute Gasteiger partial charge is 0.181 e. The Morgan fingerprint density at radius 1 is 1.19 bits per heavy atom. The number of fused-ring (bicyclic) bond motifs is 2. The Hall–Kier alpha value is -0.730. The predicted octanol–water partition coefficient (Wildman–Crippen LogP) is 1.87. The van der Waals surface area contributed by atoms with Crippen LogP contribution >= 0.6 is 0 Å². The molecule has 3 unspecified atom stereocenters. The molecule has 1 saturated heterocycles. The van der Waals surface area contributed by atoms with Crippen LogP contribution in [0.5, 0.6) is 0 Å². The van der Waals surface area contributed by atoms with Crippen molar-refractivity contribution < 1.29 is 27.4 Å². The number of carbonyl (C=O) groups excluding carboxylic acids is 3. The molecule has 2 saturated carbocycles. The van der Waals surface area contributed by atoms with Gasteiger partial charge in [0.15, 0.2) is 17.3 Å². The fraction of sp³-hybridized carbons (Fsp3) is 0.842. The van der Waals surface area contributed by atoms with Crippen LogP contribution < -0.4 is 0 Å². The molecule has 0 aromatic heterocycles. The summed E-state index contributed by atoms with van der Waals surface area (Å²) in [7, 11) is -4.26. The molecule has 0 amide bonds. The fourth-order valence-corrected chi connectivity index (χ4v) is 8.14. The molecule has 0 spiro atoms. The molecule has 1 aliphatic heterocycles. The van der Waals surface area contributed by atoms with E-state index in [0.717, 1.165) is 17.3 Å². The first kappa shape index (κ1) is 22.6. The molecule has 0 aromatic rings. The zero-order valence-corrected chi connectivity index (χ0v) is 18.2. The van der Waals surface area contributed by atoms with Crippen LogP contribution in [0.3, 0.4) is 0 Å². The topological polar surface area (TPSA) is 108 Å². The Morgan fingerprint density at radius 3 is 2.11 bits per heavy atom. The van der Waals surface area contributed by atoms with E-state index in [1.807, 2.05) is 20.8 Å². The first-order valence-corrected chi connectivity index (χ1v) is 12.7. The highest BCUT2D eigenvalue weighted by atomic mass is 32.2. The Bertz CT molecular complexity index is 716. The summed E-state index contributed by atoms with van der Waals surface area (Å²) in [4.78, 5) is 33.9. The van der Waals surface area contributed by atoms with E-state index >= 15 is 0 Å². The quantitative estimate of drug-likeness (QED) is 0.509. The van der Waals surface area contributed by atoms with Gasteiger partial charge in [0, 0.05) is 11.8 Å². The number of hydrogen-bond donors (Lipinski definition) is 0. The summed E-state index contributed by atoms with van der Waals surface area (Å²) < 4.78 is 33.3. The number of Topliss-reactive ketones (excluding diaryl/α,β-unsaturated/α-hetero) is 3. The lowest BCUT2D eigenvalue weighted by atomic mass is 9.70. The molecule has 0 N–H and O–H groups in total. The van der Waals surface area contributed by atoms with Crippen LogP contribution in [0.25, 0.3) is 0 Å². The highest BCUT2D eigenvalue weighted by Crippen LogP contribution is 2.64. The number of carbonyl (C=O) groups is 3. The minimum atomic E-state index is -4.49. The zero-order chi connectivity index (χ0) is 20.6. The van der Waals surface area contributed by atoms with Crippen molar-refractivity contribution in [1.29, 1.82) is 0 Å². The average molecular weight is 419 g/mol. The minimum Gasteiger partial charge on any atom is -0.747 e. The second-order valence-electron chi connectivity index (χ2n) is 8.57. The van der Waals surface area contributed by atoms with E-state index in [9.17, 15) is 27.4 Å². The van der Waals surface area contributed by atoms with Crippen LogP contribution in [-0.4, -0.2) is 52.8 Å². The highest BCUT2D eigenvalue weighted by Gasteiger charge is 2.67. The van der Waals surface area contributed by atoms with Crippen molar-refractivity contribution in [3.63, 3.8) is 0 Å². The van der Waals surface area contributed by atoms with Crippen LogP contribution in [0.15, 0.2) is 0 Å². The van der Waals surface area contributed by atoms with Gasteiger partial charge >= 0.3 is 0 Å². The average Bonchev–Trinajstić information content (AvgIpc) is 2.89. The molecule has 3 atom stereocenters. The summed E-state index contributed by atoms with van der Waals surface area (Å²) in [6, 6.07) is 0. The second kappa shape index (κ2) is 7.95. The first-order chi connectivity index (χ1) is 12.3. The lowest BCUT2D eigenvalue weighted by Gasteiger charge is -2.32. The number of hydrogen-bond acceptors (Lipinski definition) is 6. The van der Waals surface area contributed by atoms with Crippen molar-refractivity contribution in [2.75, 3.05) is 17.3 Å². The fourth-order valence-electron chi connectivity index (χ4n) is 4.55. The van der Waals surface area contributed by atoms with Crippen molar-refractivity contribution in [2.24, 2.45) is 16.7 Å². The van der Waals surface area contributed by atoms with Gasteiger partial charge in [0.1, 0.15) is 32.7 Å². The zero-order valence-electron chi connectivity index (χ0n) is 16.6. The molecule has 0 aromatic carbocycles. The van der Waals surface area contributed by atoms with E-state index in [1.165, 1.54) is 0 Å². The molecular formula is C19H30O6S2. The van der Waals surface area contributed by atoms with E-state index in [-0.39, 0.29) is 28.0 Å². The van der Waals surface area contributed by atoms with Gasteiger partial charge in [-0.15, -0.1) is 0 Å². The third-order valence-electron chi connectivity index (χ3n) is 6.88. The Balaban J connectivity index is 0.000000199. The van der Waals surface area contributed by atoms with Crippen molar-refractivity contribution in [2.45, 2.75) is 65.0 Å². The Morgan fingerprint density at radius 2 is 1.74 bits per heavy atom. The molecule has 3 rings (SSSR count). The van der Waals surface area contributed by atoms with Crippen LogP contribution in [-0.2, 0) is 35.4 Å².